The van der Waals surface area contributed by atoms with E-state index in [1.165, 1.54) is 13.1 Å². The van der Waals surface area contributed by atoms with Crippen LogP contribution in [-0.4, -0.2) is 41.0 Å². The highest BCUT2D eigenvalue weighted by Crippen LogP contribution is 2.13. The molecule has 1 saturated heterocycles. The highest BCUT2D eigenvalue weighted by Gasteiger charge is 2.33. The Bertz CT molecular complexity index is 617. The summed E-state index contributed by atoms with van der Waals surface area (Å²) in [6.07, 6.45) is 0.620. The molecule has 0 aliphatic carbocycles. The van der Waals surface area contributed by atoms with Gasteiger partial charge in [0.15, 0.2) is 6.10 Å². The van der Waals surface area contributed by atoms with E-state index in [0.29, 0.717) is 12.8 Å². The Morgan fingerprint density at radius 1 is 1.47 bits per heavy atom. The maximum atomic E-state index is 11.7. The van der Waals surface area contributed by atoms with Gasteiger partial charge in [0.25, 0.3) is 11.5 Å². The first-order chi connectivity index (χ1) is 9.04. The highest BCUT2D eigenvalue weighted by atomic mass is 16.5. The Labute approximate surface area is 107 Å². The maximum absolute atomic E-state index is 11.7. The largest absolute Gasteiger partial charge is 0.364 e. The zero-order valence-electron chi connectivity index (χ0n) is 10.2. The van der Waals surface area contributed by atoms with E-state index in [0.717, 1.165) is 4.57 Å². The fourth-order valence-corrected chi connectivity index (χ4v) is 1.88. The second-order valence-corrected chi connectivity index (χ2v) is 4.19. The lowest BCUT2D eigenvalue weighted by Crippen LogP contribution is -2.51. The zero-order valence-corrected chi connectivity index (χ0v) is 10.2. The van der Waals surface area contributed by atoms with Crippen molar-refractivity contribution in [3.05, 3.63) is 32.6 Å². The van der Waals surface area contributed by atoms with Gasteiger partial charge in [0.1, 0.15) is 12.3 Å². The monoisotopic (exact) mass is 267 g/mol. The number of aromatic amines is 1. The van der Waals surface area contributed by atoms with E-state index in [2.05, 4.69) is 10.3 Å². The summed E-state index contributed by atoms with van der Waals surface area (Å²) in [5.41, 5.74) is -1.02. The number of nitrogens with zero attached hydrogens (tertiary/aromatic N) is 1. The van der Waals surface area contributed by atoms with E-state index >= 15 is 0 Å². The van der Waals surface area contributed by atoms with Crippen LogP contribution in [0.15, 0.2) is 15.8 Å². The zero-order chi connectivity index (χ0) is 14.0. The molecule has 1 aliphatic heterocycles. The number of hydrogen-bond donors (Lipinski definition) is 2. The number of amides is 1. The molecule has 1 amide bonds. The molecule has 19 heavy (non-hydrogen) atoms. The molecular formula is C11H13N3O5. The number of aromatic nitrogens is 2. The van der Waals surface area contributed by atoms with E-state index in [1.54, 1.807) is 0 Å². The number of hydrogen-bond acceptors (Lipinski definition) is 5. The third-order valence-corrected chi connectivity index (χ3v) is 2.87. The minimum atomic E-state index is -1.11. The van der Waals surface area contributed by atoms with Crippen LogP contribution < -0.4 is 16.6 Å². The molecule has 1 aromatic rings. The quantitative estimate of drug-likeness (QED) is 0.621. The molecule has 1 aliphatic rings. The lowest BCUT2D eigenvalue weighted by Gasteiger charge is -2.27. The molecule has 1 aromatic heterocycles. The van der Waals surface area contributed by atoms with Crippen LogP contribution in [0.3, 0.4) is 0 Å². The molecule has 2 atom stereocenters. The van der Waals surface area contributed by atoms with Crippen molar-refractivity contribution >= 4 is 12.2 Å². The van der Waals surface area contributed by atoms with Gasteiger partial charge in [-0.15, -0.1) is 0 Å². The standard InChI is InChI=1S/C11H13N3O5/c1-6-4-14(11(18)13-9(6)16)7(5-15)8-10(17)12-2-3-19-8/h4-5,7-8H,2-3H2,1H3,(H,12,17)(H,13,16,18). The van der Waals surface area contributed by atoms with Crippen LogP contribution in [0.2, 0.25) is 0 Å². The third-order valence-electron chi connectivity index (χ3n) is 2.87. The van der Waals surface area contributed by atoms with Gasteiger partial charge in [-0.2, -0.15) is 0 Å². The fraction of sp³-hybridized carbons (Fsp3) is 0.455. The minimum absolute atomic E-state index is 0.262. The highest BCUT2D eigenvalue weighted by molar-refractivity contribution is 5.85. The normalized spacial score (nSPS) is 20.7. The molecule has 0 spiro atoms. The van der Waals surface area contributed by atoms with Crippen molar-refractivity contribution in [2.24, 2.45) is 0 Å². The molecule has 2 unspecified atom stereocenters. The molecule has 102 valence electrons. The molecule has 2 N–H and O–H groups in total. The average molecular weight is 267 g/mol. The molecule has 0 radical (unpaired) electrons. The van der Waals surface area contributed by atoms with Crippen molar-refractivity contribution in [3.8, 4) is 0 Å². The van der Waals surface area contributed by atoms with Crippen molar-refractivity contribution in [3.63, 3.8) is 0 Å². The van der Waals surface area contributed by atoms with Crippen molar-refractivity contribution < 1.29 is 14.3 Å². The summed E-state index contributed by atoms with van der Waals surface area (Å²) in [4.78, 5) is 47.9. The fourth-order valence-electron chi connectivity index (χ4n) is 1.88. The van der Waals surface area contributed by atoms with E-state index in [4.69, 9.17) is 4.74 Å². The van der Waals surface area contributed by atoms with Gasteiger partial charge in [-0.1, -0.05) is 0 Å². The summed E-state index contributed by atoms with van der Waals surface area (Å²) in [5, 5.41) is 2.55. The van der Waals surface area contributed by atoms with E-state index in [-0.39, 0.29) is 12.2 Å². The Morgan fingerprint density at radius 2 is 2.21 bits per heavy atom. The molecule has 0 saturated carbocycles. The number of nitrogens with one attached hydrogen (secondary N) is 2. The summed E-state index contributed by atoms with van der Waals surface area (Å²) < 4.78 is 6.23. The molecule has 2 heterocycles. The molecular weight excluding hydrogens is 254 g/mol. The number of aldehydes is 1. The number of carbonyl (C=O) groups is 2. The summed E-state index contributed by atoms with van der Waals surface area (Å²) in [6, 6.07) is -1.11. The van der Waals surface area contributed by atoms with E-state index in [9.17, 15) is 19.2 Å². The summed E-state index contributed by atoms with van der Waals surface area (Å²) in [5.74, 6) is -0.459. The molecule has 0 aromatic carbocycles. The van der Waals surface area contributed by atoms with Gasteiger partial charge in [0.2, 0.25) is 0 Å². The number of H-pyrrole nitrogens is 1. The third kappa shape index (κ3) is 2.48. The van der Waals surface area contributed by atoms with Crippen molar-refractivity contribution in [2.75, 3.05) is 13.2 Å². The summed E-state index contributed by atoms with van der Waals surface area (Å²) in [6.45, 7) is 2.12. The van der Waals surface area contributed by atoms with Crippen LogP contribution in [-0.2, 0) is 14.3 Å². The Morgan fingerprint density at radius 3 is 2.84 bits per heavy atom. The molecule has 8 heteroatoms. The lowest BCUT2D eigenvalue weighted by atomic mass is 10.1. The van der Waals surface area contributed by atoms with E-state index < -0.39 is 29.3 Å². The van der Waals surface area contributed by atoms with Gasteiger partial charge in [0, 0.05) is 18.3 Å². The van der Waals surface area contributed by atoms with Gasteiger partial charge >= 0.3 is 5.69 Å². The lowest BCUT2D eigenvalue weighted by molar-refractivity contribution is -0.143. The number of ether oxygens (including phenoxy) is 1. The summed E-state index contributed by atoms with van der Waals surface area (Å²) in [7, 11) is 0. The van der Waals surface area contributed by atoms with Crippen molar-refractivity contribution in [2.45, 2.75) is 19.1 Å². The first-order valence-electron chi connectivity index (χ1n) is 5.71. The maximum Gasteiger partial charge on any atom is 0.329 e. The van der Waals surface area contributed by atoms with E-state index in [1.807, 2.05) is 0 Å². The van der Waals surface area contributed by atoms with Gasteiger partial charge in [0.05, 0.1) is 6.61 Å². The Kier molecular flexibility index (Phi) is 3.61. The summed E-state index contributed by atoms with van der Waals surface area (Å²) >= 11 is 0. The Hall–Kier alpha value is -2.22. The number of rotatable bonds is 3. The minimum Gasteiger partial charge on any atom is -0.364 e. The van der Waals surface area contributed by atoms with Crippen LogP contribution in [0.4, 0.5) is 0 Å². The first kappa shape index (κ1) is 13.2. The van der Waals surface area contributed by atoms with Gasteiger partial charge in [-0.25, -0.2) is 4.79 Å². The van der Waals surface area contributed by atoms with Gasteiger partial charge in [-0.05, 0) is 6.92 Å². The van der Waals surface area contributed by atoms with Crippen LogP contribution in [0.5, 0.6) is 0 Å². The molecule has 0 bridgehead atoms. The number of aryl methyl sites for hydroxylation is 1. The van der Waals surface area contributed by atoms with Crippen LogP contribution in [0.1, 0.15) is 11.6 Å². The topological polar surface area (TPSA) is 110 Å². The number of morpholine rings is 1. The van der Waals surface area contributed by atoms with Crippen LogP contribution in [0.25, 0.3) is 0 Å². The predicted molar refractivity (Wildman–Crippen MR) is 63.9 cm³/mol. The second kappa shape index (κ2) is 5.19. The van der Waals surface area contributed by atoms with Gasteiger partial charge in [-0.3, -0.25) is 19.1 Å². The van der Waals surface area contributed by atoms with Gasteiger partial charge < -0.3 is 14.8 Å². The van der Waals surface area contributed by atoms with Crippen LogP contribution >= 0.6 is 0 Å². The number of carbonyl (C=O) groups excluding carboxylic acids is 2. The molecule has 1 fully saturated rings. The van der Waals surface area contributed by atoms with Crippen LogP contribution in [0, 0.1) is 6.92 Å². The Balaban J connectivity index is 2.45. The molecule has 2 rings (SSSR count). The smallest absolute Gasteiger partial charge is 0.329 e. The van der Waals surface area contributed by atoms with Crippen molar-refractivity contribution in [1.82, 2.24) is 14.9 Å². The first-order valence-corrected chi connectivity index (χ1v) is 5.71. The molecule has 8 nitrogen and oxygen atoms in total. The predicted octanol–water partition coefficient (Wildman–Crippen LogP) is -1.90. The average Bonchev–Trinajstić information content (AvgIpc) is 2.38. The second-order valence-electron chi connectivity index (χ2n) is 4.19. The SMILES string of the molecule is Cc1cn(C(C=O)C2OCCNC2=O)c(=O)[nH]c1=O. The van der Waals surface area contributed by atoms with Crippen molar-refractivity contribution in [1.29, 1.82) is 0 Å².